The van der Waals surface area contributed by atoms with Crippen LogP contribution in [0.25, 0.3) is 0 Å². The van der Waals surface area contributed by atoms with Crippen molar-refractivity contribution in [3.63, 3.8) is 0 Å². The molecule has 2 fully saturated rings. The van der Waals surface area contributed by atoms with Crippen molar-refractivity contribution in [2.45, 2.75) is 51.5 Å². The SMILES string of the molecule is CCN1CC2CC2(C2=CCC(N3CCCC4=C3C=CCC4)C=C2)C1. The maximum atomic E-state index is 2.69. The summed E-state index contributed by atoms with van der Waals surface area (Å²) in [7, 11) is 0. The Morgan fingerprint density at radius 1 is 1.25 bits per heavy atom. The quantitative estimate of drug-likeness (QED) is 0.765. The molecule has 3 aliphatic carbocycles. The van der Waals surface area contributed by atoms with E-state index in [-0.39, 0.29) is 0 Å². The van der Waals surface area contributed by atoms with E-state index in [0.29, 0.717) is 11.5 Å². The van der Waals surface area contributed by atoms with Crippen LogP contribution in [0.4, 0.5) is 0 Å². The smallest absolute Gasteiger partial charge is 0.0510 e. The molecule has 0 amide bonds. The summed E-state index contributed by atoms with van der Waals surface area (Å²) in [6, 6.07) is 0.582. The fourth-order valence-corrected chi connectivity index (χ4v) is 5.66. The van der Waals surface area contributed by atoms with Crippen molar-refractivity contribution < 1.29 is 0 Å². The van der Waals surface area contributed by atoms with Crippen LogP contribution in [0, 0.1) is 11.3 Å². The third kappa shape index (κ3) is 2.26. The number of piperidine rings is 1. The lowest BCUT2D eigenvalue weighted by Crippen LogP contribution is -2.38. The van der Waals surface area contributed by atoms with Crippen molar-refractivity contribution in [1.29, 1.82) is 0 Å². The molecule has 3 unspecified atom stereocenters. The second kappa shape index (κ2) is 5.62. The maximum absolute atomic E-state index is 2.69. The number of rotatable bonds is 3. The molecule has 2 heterocycles. The molecule has 0 aromatic carbocycles. The third-order valence-electron chi connectivity index (χ3n) is 7.15. The second-order valence-corrected chi connectivity index (χ2v) is 8.43. The van der Waals surface area contributed by atoms with Gasteiger partial charge in [-0.3, -0.25) is 0 Å². The molecule has 5 aliphatic rings. The predicted molar refractivity (Wildman–Crippen MR) is 99.6 cm³/mol. The summed E-state index contributed by atoms with van der Waals surface area (Å²) in [5, 5.41) is 0. The maximum Gasteiger partial charge on any atom is 0.0510 e. The highest BCUT2D eigenvalue weighted by atomic mass is 15.2. The van der Waals surface area contributed by atoms with Crippen molar-refractivity contribution in [2.24, 2.45) is 11.3 Å². The first-order valence-corrected chi connectivity index (χ1v) is 10.1. The Hall–Kier alpha value is -1.28. The molecule has 3 atom stereocenters. The van der Waals surface area contributed by atoms with E-state index in [1.165, 1.54) is 64.7 Å². The summed E-state index contributed by atoms with van der Waals surface area (Å²) in [6.45, 7) is 7.39. The lowest BCUT2D eigenvalue weighted by atomic mass is 9.87. The van der Waals surface area contributed by atoms with Gasteiger partial charge in [-0.05, 0) is 68.2 Å². The minimum Gasteiger partial charge on any atom is -0.365 e. The molecular weight excluding hydrogens is 292 g/mol. The topological polar surface area (TPSA) is 6.48 Å². The van der Waals surface area contributed by atoms with Gasteiger partial charge in [0.1, 0.15) is 0 Å². The van der Waals surface area contributed by atoms with E-state index in [4.69, 9.17) is 0 Å². The van der Waals surface area contributed by atoms with Gasteiger partial charge in [0.25, 0.3) is 0 Å². The normalized spacial score (nSPS) is 38.2. The summed E-state index contributed by atoms with van der Waals surface area (Å²) in [6.07, 6.45) is 20.2. The molecule has 128 valence electrons. The molecule has 0 spiro atoms. The lowest BCUT2D eigenvalue weighted by Gasteiger charge is -2.39. The molecule has 1 saturated carbocycles. The van der Waals surface area contributed by atoms with Crippen LogP contribution >= 0.6 is 0 Å². The van der Waals surface area contributed by atoms with Crippen LogP contribution in [0.5, 0.6) is 0 Å². The molecule has 2 aliphatic heterocycles. The van der Waals surface area contributed by atoms with Crippen molar-refractivity contribution in [3.05, 3.63) is 47.2 Å². The van der Waals surface area contributed by atoms with E-state index in [1.54, 1.807) is 16.8 Å². The van der Waals surface area contributed by atoms with Gasteiger partial charge < -0.3 is 9.80 Å². The molecule has 2 nitrogen and oxygen atoms in total. The van der Waals surface area contributed by atoms with Crippen LogP contribution in [0.3, 0.4) is 0 Å². The molecule has 0 bridgehead atoms. The third-order valence-corrected chi connectivity index (χ3v) is 7.15. The summed E-state index contributed by atoms with van der Waals surface area (Å²) in [5.74, 6) is 0.940. The van der Waals surface area contributed by atoms with Gasteiger partial charge in [0.2, 0.25) is 0 Å². The second-order valence-electron chi connectivity index (χ2n) is 8.43. The first-order chi connectivity index (χ1) is 11.8. The van der Waals surface area contributed by atoms with Crippen LogP contribution in [0.15, 0.2) is 47.2 Å². The average Bonchev–Trinajstić information content (AvgIpc) is 3.23. The molecule has 24 heavy (non-hydrogen) atoms. The predicted octanol–water partition coefficient (Wildman–Crippen LogP) is 4.28. The monoisotopic (exact) mass is 322 g/mol. The number of hydrogen-bond acceptors (Lipinski definition) is 2. The van der Waals surface area contributed by atoms with E-state index in [0.717, 1.165) is 5.92 Å². The zero-order chi connectivity index (χ0) is 16.1. The first-order valence-electron chi connectivity index (χ1n) is 10.1. The van der Waals surface area contributed by atoms with Gasteiger partial charge in [0.05, 0.1) is 6.04 Å². The lowest BCUT2D eigenvalue weighted by molar-refractivity contribution is 0.272. The Bertz CT molecular complexity index is 653. The Balaban J connectivity index is 1.32. The molecule has 5 rings (SSSR count). The van der Waals surface area contributed by atoms with Crippen LogP contribution in [0.1, 0.15) is 45.4 Å². The van der Waals surface area contributed by atoms with Crippen LogP contribution in [0.2, 0.25) is 0 Å². The number of likely N-dealkylation sites (tertiary alicyclic amines) is 1. The highest BCUT2D eigenvalue weighted by Gasteiger charge is 2.60. The fraction of sp³-hybridized carbons (Fsp3) is 0.636. The van der Waals surface area contributed by atoms with Crippen LogP contribution in [-0.4, -0.2) is 42.0 Å². The number of fused-ring (bicyclic) bond motifs is 1. The zero-order valence-corrected chi connectivity index (χ0v) is 15.0. The number of nitrogens with zero attached hydrogens (tertiary/aromatic N) is 2. The highest BCUT2D eigenvalue weighted by Crippen LogP contribution is 2.63. The number of allylic oxidation sites excluding steroid dienone is 4. The van der Waals surface area contributed by atoms with Gasteiger partial charge in [-0.1, -0.05) is 31.2 Å². The number of hydrogen-bond donors (Lipinski definition) is 0. The summed E-state index contributed by atoms with van der Waals surface area (Å²) in [4.78, 5) is 5.33. The standard InChI is InChI=1S/C22H30N2/c1-2-23-15-19-14-22(19,16-23)18-9-11-20(12-10-18)24-13-5-7-17-6-3-4-8-21(17)24/h4,8-11,19-20H,2-3,5-7,12-16H2,1H3. The van der Waals surface area contributed by atoms with E-state index in [9.17, 15) is 0 Å². The van der Waals surface area contributed by atoms with Crippen molar-refractivity contribution >= 4 is 0 Å². The Morgan fingerprint density at radius 2 is 2.21 bits per heavy atom. The van der Waals surface area contributed by atoms with Crippen LogP contribution in [-0.2, 0) is 0 Å². The Morgan fingerprint density at radius 3 is 3.00 bits per heavy atom. The van der Waals surface area contributed by atoms with Gasteiger partial charge in [0, 0.05) is 30.7 Å². The fourth-order valence-electron chi connectivity index (χ4n) is 5.66. The van der Waals surface area contributed by atoms with E-state index in [1.807, 2.05) is 0 Å². The molecule has 0 aromatic rings. The van der Waals surface area contributed by atoms with Gasteiger partial charge >= 0.3 is 0 Å². The first kappa shape index (κ1) is 15.0. The largest absolute Gasteiger partial charge is 0.365 e. The molecule has 0 radical (unpaired) electrons. The summed E-state index contributed by atoms with van der Waals surface area (Å²) >= 11 is 0. The van der Waals surface area contributed by atoms with Crippen molar-refractivity contribution in [2.75, 3.05) is 26.2 Å². The minimum atomic E-state index is 0.536. The molecular formula is C22H30N2. The van der Waals surface area contributed by atoms with Gasteiger partial charge in [0.15, 0.2) is 0 Å². The van der Waals surface area contributed by atoms with Crippen molar-refractivity contribution in [1.82, 2.24) is 9.80 Å². The zero-order valence-electron chi connectivity index (χ0n) is 15.0. The van der Waals surface area contributed by atoms with Gasteiger partial charge in [-0.15, -0.1) is 0 Å². The average molecular weight is 322 g/mol. The Kier molecular flexibility index (Phi) is 3.52. The highest BCUT2D eigenvalue weighted by molar-refractivity contribution is 5.41. The van der Waals surface area contributed by atoms with Gasteiger partial charge in [-0.25, -0.2) is 0 Å². The molecule has 1 saturated heterocycles. The molecule has 2 heteroatoms. The van der Waals surface area contributed by atoms with Crippen LogP contribution < -0.4 is 0 Å². The van der Waals surface area contributed by atoms with E-state index in [2.05, 4.69) is 47.1 Å². The minimum absolute atomic E-state index is 0.536. The summed E-state index contributed by atoms with van der Waals surface area (Å²) in [5.41, 5.74) is 5.46. The Labute approximate surface area is 146 Å². The molecule has 0 aromatic heterocycles. The van der Waals surface area contributed by atoms with Crippen molar-refractivity contribution in [3.8, 4) is 0 Å². The van der Waals surface area contributed by atoms with Gasteiger partial charge in [-0.2, -0.15) is 0 Å². The summed E-state index contributed by atoms with van der Waals surface area (Å²) < 4.78 is 0. The molecule has 0 N–H and O–H groups in total. The van der Waals surface area contributed by atoms with E-state index < -0.39 is 0 Å². The van der Waals surface area contributed by atoms with E-state index >= 15 is 0 Å².